The van der Waals surface area contributed by atoms with Gasteiger partial charge < -0.3 is 14.9 Å². The van der Waals surface area contributed by atoms with E-state index in [0.717, 1.165) is 6.07 Å². The van der Waals surface area contributed by atoms with E-state index in [1.165, 1.54) is 19.1 Å². The van der Waals surface area contributed by atoms with E-state index in [2.05, 4.69) is 4.72 Å². The van der Waals surface area contributed by atoms with Crippen molar-refractivity contribution in [3.63, 3.8) is 0 Å². The normalized spacial score (nSPS) is 26.8. The predicted octanol–water partition coefficient (Wildman–Crippen LogP) is -0.219. The minimum absolute atomic E-state index is 0.0293. The molecule has 118 valence electrons. The van der Waals surface area contributed by atoms with E-state index < -0.39 is 34.0 Å². The van der Waals surface area contributed by atoms with Gasteiger partial charge in [-0.2, -0.15) is 0 Å². The molecule has 1 aliphatic rings. The summed E-state index contributed by atoms with van der Waals surface area (Å²) in [5.74, 6) is -1.02. The van der Waals surface area contributed by atoms with Gasteiger partial charge in [-0.25, -0.2) is 17.5 Å². The molecule has 6 nitrogen and oxygen atoms in total. The molecule has 0 saturated carbocycles. The lowest BCUT2D eigenvalue weighted by molar-refractivity contribution is -0.118. The molecule has 0 bridgehead atoms. The van der Waals surface area contributed by atoms with Gasteiger partial charge in [0.1, 0.15) is 11.9 Å². The minimum Gasteiger partial charge on any atom is -0.390 e. The largest absolute Gasteiger partial charge is 0.390 e. The molecule has 0 unspecified atom stereocenters. The second kappa shape index (κ2) is 6.37. The number of ether oxygens (including phenoxy) is 1. The van der Waals surface area contributed by atoms with Crippen LogP contribution in [-0.4, -0.2) is 50.6 Å². The van der Waals surface area contributed by atoms with Crippen molar-refractivity contribution < 1.29 is 27.8 Å². The van der Waals surface area contributed by atoms with Gasteiger partial charge in [-0.15, -0.1) is 0 Å². The summed E-state index contributed by atoms with van der Waals surface area (Å²) >= 11 is 0. The van der Waals surface area contributed by atoms with E-state index >= 15 is 0 Å². The van der Waals surface area contributed by atoms with Crippen LogP contribution in [0.2, 0.25) is 0 Å². The highest BCUT2D eigenvalue weighted by atomic mass is 32.2. The lowest BCUT2D eigenvalue weighted by atomic mass is 9.97. The summed E-state index contributed by atoms with van der Waals surface area (Å²) in [5, 5.41) is 19.2. The van der Waals surface area contributed by atoms with Gasteiger partial charge in [0, 0.05) is 12.5 Å². The Morgan fingerprint density at radius 2 is 2.10 bits per heavy atom. The number of rotatable bonds is 4. The molecule has 3 N–H and O–H groups in total. The van der Waals surface area contributed by atoms with Crippen LogP contribution in [0.15, 0.2) is 23.1 Å². The maximum absolute atomic E-state index is 13.2. The van der Waals surface area contributed by atoms with E-state index in [4.69, 9.17) is 4.74 Å². The summed E-state index contributed by atoms with van der Waals surface area (Å²) in [6.07, 6.45) is -2.07. The quantitative estimate of drug-likeness (QED) is 0.713. The van der Waals surface area contributed by atoms with E-state index in [-0.39, 0.29) is 30.2 Å². The second-order valence-corrected chi connectivity index (χ2v) is 6.89. The van der Waals surface area contributed by atoms with Crippen molar-refractivity contribution in [2.45, 2.75) is 24.0 Å². The number of aliphatic hydroxyl groups excluding tert-OH is 2. The Balaban J connectivity index is 2.05. The van der Waals surface area contributed by atoms with Crippen molar-refractivity contribution in [1.29, 1.82) is 0 Å². The lowest BCUT2D eigenvalue weighted by Gasteiger charge is -2.31. The number of hydrogen-bond donors (Lipinski definition) is 3. The number of nitrogens with one attached hydrogen (secondary N) is 1. The first-order valence-corrected chi connectivity index (χ1v) is 7.99. The third-order valence-corrected chi connectivity index (χ3v) is 4.89. The Bertz CT molecular complexity index is 607. The number of hydrogen-bond acceptors (Lipinski definition) is 5. The van der Waals surface area contributed by atoms with Gasteiger partial charge in [0.05, 0.1) is 24.2 Å². The van der Waals surface area contributed by atoms with E-state index in [0.29, 0.717) is 0 Å². The van der Waals surface area contributed by atoms with Crippen LogP contribution < -0.4 is 4.72 Å². The molecule has 2 rings (SSSR count). The summed E-state index contributed by atoms with van der Waals surface area (Å²) in [6.45, 7) is 1.59. The zero-order chi connectivity index (χ0) is 15.6. The predicted molar refractivity (Wildman–Crippen MR) is 72.6 cm³/mol. The van der Waals surface area contributed by atoms with Gasteiger partial charge in [0.25, 0.3) is 0 Å². The van der Waals surface area contributed by atoms with E-state index in [1.807, 2.05) is 0 Å². The molecule has 0 aliphatic carbocycles. The first-order valence-electron chi connectivity index (χ1n) is 6.51. The van der Waals surface area contributed by atoms with Gasteiger partial charge in [-0.3, -0.25) is 0 Å². The van der Waals surface area contributed by atoms with Crippen molar-refractivity contribution >= 4 is 10.0 Å². The Labute approximate surface area is 122 Å². The van der Waals surface area contributed by atoms with Crippen LogP contribution in [0.25, 0.3) is 0 Å². The van der Waals surface area contributed by atoms with Crippen LogP contribution in [0.3, 0.4) is 0 Å². The van der Waals surface area contributed by atoms with Crippen LogP contribution in [0.1, 0.15) is 5.56 Å². The molecule has 1 aromatic rings. The topological polar surface area (TPSA) is 95.9 Å². The zero-order valence-corrected chi connectivity index (χ0v) is 12.3. The van der Waals surface area contributed by atoms with Crippen molar-refractivity contribution in [3.8, 4) is 0 Å². The molecule has 1 fully saturated rings. The van der Waals surface area contributed by atoms with E-state index in [9.17, 15) is 23.0 Å². The van der Waals surface area contributed by atoms with Crippen LogP contribution in [0, 0.1) is 18.7 Å². The Morgan fingerprint density at radius 1 is 1.38 bits per heavy atom. The SMILES string of the molecule is Cc1cc(S(=O)(=O)NC[C@@H]2COC[C@@H](O)[C@H]2O)ccc1F. The van der Waals surface area contributed by atoms with Crippen molar-refractivity contribution in [3.05, 3.63) is 29.6 Å². The molecule has 0 radical (unpaired) electrons. The average molecular weight is 319 g/mol. The number of halogens is 1. The first-order chi connectivity index (χ1) is 9.81. The van der Waals surface area contributed by atoms with Gasteiger partial charge in [0.2, 0.25) is 10.0 Å². The maximum Gasteiger partial charge on any atom is 0.240 e. The fraction of sp³-hybridized carbons (Fsp3) is 0.538. The highest BCUT2D eigenvalue weighted by molar-refractivity contribution is 7.89. The first kappa shape index (κ1) is 16.3. The molecule has 1 aromatic carbocycles. The minimum atomic E-state index is -3.80. The molecule has 0 spiro atoms. The molecule has 8 heteroatoms. The number of aryl methyl sites for hydroxylation is 1. The molecule has 0 amide bonds. The van der Waals surface area contributed by atoms with Crippen LogP contribution >= 0.6 is 0 Å². The van der Waals surface area contributed by atoms with Crippen LogP contribution in [-0.2, 0) is 14.8 Å². The lowest BCUT2D eigenvalue weighted by Crippen LogP contribution is -2.48. The number of aliphatic hydroxyl groups is 2. The number of sulfonamides is 1. The molecule has 21 heavy (non-hydrogen) atoms. The Hall–Kier alpha value is -1.06. The summed E-state index contributed by atoms with van der Waals surface area (Å²) in [7, 11) is -3.80. The van der Waals surface area contributed by atoms with E-state index in [1.54, 1.807) is 0 Å². The Kier molecular flexibility index (Phi) is 4.95. The van der Waals surface area contributed by atoms with Gasteiger partial charge in [-0.1, -0.05) is 0 Å². The van der Waals surface area contributed by atoms with Crippen molar-refractivity contribution in [1.82, 2.24) is 4.72 Å². The highest BCUT2D eigenvalue weighted by Crippen LogP contribution is 2.17. The third-order valence-electron chi connectivity index (χ3n) is 3.47. The molecular weight excluding hydrogens is 301 g/mol. The third kappa shape index (κ3) is 3.78. The summed E-state index contributed by atoms with van der Waals surface area (Å²) in [4.78, 5) is -0.0480. The maximum atomic E-state index is 13.2. The van der Waals surface area contributed by atoms with Crippen LogP contribution in [0.4, 0.5) is 4.39 Å². The Morgan fingerprint density at radius 3 is 2.76 bits per heavy atom. The monoisotopic (exact) mass is 319 g/mol. The van der Waals surface area contributed by atoms with Crippen molar-refractivity contribution in [2.24, 2.45) is 5.92 Å². The highest BCUT2D eigenvalue weighted by Gasteiger charge is 2.32. The fourth-order valence-corrected chi connectivity index (χ4v) is 3.29. The fourth-order valence-electron chi connectivity index (χ4n) is 2.12. The van der Waals surface area contributed by atoms with Gasteiger partial charge >= 0.3 is 0 Å². The molecular formula is C13H18FNO5S. The van der Waals surface area contributed by atoms with Gasteiger partial charge in [0.15, 0.2) is 0 Å². The molecule has 0 aromatic heterocycles. The summed E-state index contributed by atoms with van der Waals surface area (Å²) < 4.78 is 44.8. The molecule has 3 atom stereocenters. The zero-order valence-electron chi connectivity index (χ0n) is 11.5. The molecule has 1 heterocycles. The molecule has 1 saturated heterocycles. The molecule has 1 aliphatic heterocycles. The summed E-state index contributed by atoms with van der Waals surface area (Å²) in [6, 6.07) is 3.50. The average Bonchev–Trinajstić information content (AvgIpc) is 2.43. The standard InChI is InChI=1S/C13H18FNO5S/c1-8-4-10(2-3-11(8)14)21(18,19)15-5-9-6-20-7-12(16)13(9)17/h2-4,9,12-13,15-17H,5-7H2,1H3/t9-,12-,13+/m1/s1. The van der Waals surface area contributed by atoms with Crippen molar-refractivity contribution in [2.75, 3.05) is 19.8 Å². The summed E-state index contributed by atoms with van der Waals surface area (Å²) in [5.41, 5.74) is 0.231. The second-order valence-electron chi connectivity index (χ2n) is 5.12. The number of benzene rings is 1. The smallest absolute Gasteiger partial charge is 0.240 e. The van der Waals surface area contributed by atoms with Crippen LogP contribution in [0.5, 0.6) is 0 Å². The van der Waals surface area contributed by atoms with Gasteiger partial charge in [-0.05, 0) is 30.7 Å².